The molecule has 1 aliphatic carbocycles. The summed E-state index contributed by atoms with van der Waals surface area (Å²) in [6, 6.07) is 6.11. The predicted molar refractivity (Wildman–Crippen MR) is 69.8 cm³/mol. The molecule has 1 aliphatic rings. The number of nitrogens with one attached hydrogen (secondary N) is 1. The molecule has 1 aromatic carbocycles. The first-order chi connectivity index (χ1) is 7.65. The Morgan fingerprint density at radius 2 is 2.00 bits per heavy atom. The van der Waals surface area contributed by atoms with E-state index in [1.165, 1.54) is 5.56 Å². The highest BCUT2D eigenvalue weighted by Gasteiger charge is 2.30. The minimum Gasteiger partial charge on any atom is -0.388 e. The molecule has 16 heavy (non-hydrogen) atoms. The summed E-state index contributed by atoms with van der Waals surface area (Å²) in [4.78, 5) is 0. The van der Waals surface area contributed by atoms with Gasteiger partial charge in [-0.2, -0.15) is 0 Å². The molecule has 2 rings (SSSR count). The summed E-state index contributed by atoms with van der Waals surface area (Å²) >= 11 is 0. The van der Waals surface area contributed by atoms with Crippen LogP contribution in [0.1, 0.15) is 44.7 Å². The molecular weight excluding hydrogens is 198 g/mol. The molecule has 1 aromatic rings. The summed E-state index contributed by atoms with van der Waals surface area (Å²) < 4.78 is 0. The fourth-order valence-corrected chi connectivity index (χ4v) is 2.34. The van der Waals surface area contributed by atoms with E-state index in [-0.39, 0.29) is 0 Å². The smallest absolute Gasteiger partial charge is 0.0872 e. The summed E-state index contributed by atoms with van der Waals surface area (Å²) in [6.07, 6.45) is 3.01. The van der Waals surface area contributed by atoms with Crippen molar-refractivity contribution in [3.8, 4) is 0 Å². The highest BCUT2D eigenvalue weighted by atomic mass is 16.3. The molecule has 0 fully saturated rings. The first kappa shape index (κ1) is 13.0. The molecule has 0 heterocycles. The Hall–Kier alpha value is -1.02. The van der Waals surface area contributed by atoms with Gasteiger partial charge in [-0.3, -0.25) is 0 Å². The van der Waals surface area contributed by atoms with Crippen LogP contribution in [-0.2, 0) is 12.0 Å². The Morgan fingerprint density at radius 1 is 1.31 bits per heavy atom. The van der Waals surface area contributed by atoms with Crippen LogP contribution in [0.5, 0.6) is 0 Å². The van der Waals surface area contributed by atoms with Crippen molar-refractivity contribution in [2.24, 2.45) is 0 Å². The van der Waals surface area contributed by atoms with E-state index in [1.54, 1.807) is 0 Å². The van der Waals surface area contributed by atoms with Gasteiger partial charge in [-0.05, 0) is 43.4 Å². The highest BCUT2D eigenvalue weighted by molar-refractivity contribution is 5.56. The topological polar surface area (TPSA) is 32.3 Å². The molecule has 0 aliphatic heterocycles. The fraction of sp³-hybridized carbons (Fsp3) is 0.571. The molecule has 2 nitrogen and oxygen atoms in total. The van der Waals surface area contributed by atoms with Gasteiger partial charge in [0.15, 0.2) is 0 Å². The second kappa shape index (κ2) is 5.35. The molecular formula is C14H23NO. The van der Waals surface area contributed by atoms with Crippen molar-refractivity contribution < 1.29 is 5.11 Å². The van der Waals surface area contributed by atoms with E-state index in [4.69, 9.17) is 0 Å². The Labute approximate surface area is 98.7 Å². The van der Waals surface area contributed by atoms with Gasteiger partial charge in [0.05, 0.1) is 5.60 Å². The molecule has 2 heteroatoms. The zero-order valence-corrected chi connectivity index (χ0v) is 10.8. The van der Waals surface area contributed by atoms with E-state index < -0.39 is 5.60 Å². The van der Waals surface area contributed by atoms with Crippen LogP contribution in [0.3, 0.4) is 0 Å². The zero-order chi connectivity index (χ0) is 12.2. The average Bonchev–Trinajstić information content (AvgIpc) is 2.31. The Balaban J connectivity index is 0.000000606. The maximum atomic E-state index is 10.2. The summed E-state index contributed by atoms with van der Waals surface area (Å²) in [5.41, 5.74) is 2.89. The van der Waals surface area contributed by atoms with Crippen molar-refractivity contribution in [1.29, 1.82) is 0 Å². The van der Waals surface area contributed by atoms with Gasteiger partial charge in [0.1, 0.15) is 0 Å². The summed E-state index contributed by atoms with van der Waals surface area (Å²) in [5, 5.41) is 13.4. The van der Waals surface area contributed by atoms with Gasteiger partial charge < -0.3 is 10.4 Å². The molecule has 0 spiro atoms. The number of benzene rings is 1. The normalized spacial score (nSPS) is 22.8. The second-order valence-corrected chi connectivity index (χ2v) is 4.21. The third-order valence-corrected chi connectivity index (χ3v) is 3.12. The average molecular weight is 221 g/mol. The Morgan fingerprint density at radius 3 is 2.62 bits per heavy atom. The maximum absolute atomic E-state index is 10.2. The van der Waals surface area contributed by atoms with Crippen LogP contribution < -0.4 is 5.32 Å². The first-order valence-electron chi connectivity index (χ1n) is 6.17. The van der Waals surface area contributed by atoms with Gasteiger partial charge in [0.2, 0.25) is 0 Å². The third kappa shape index (κ3) is 2.38. The Kier molecular flexibility index (Phi) is 4.36. The molecule has 0 radical (unpaired) electrons. The van der Waals surface area contributed by atoms with Crippen molar-refractivity contribution in [3.63, 3.8) is 0 Å². The Bertz CT molecular complexity index is 345. The van der Waals surface area contributed by atoms with Crippen molar-refractivity contribution in [2.75, 3.05) is 12.4 Å². The molecule has 1 unspecified atom stereocenters. The minimum atomic E-state index is -0.638. The number of anilines is 1. The molecule has 0 aromatic heterocycles. The number of aliphatic hydroxyl groups is 1. The van der Waals surface area contributed by atoms with Gasteiger partial charge in [-0.15, -0.1) is 0 Å². The van der Waals surface area contributed by atoms with Gasteiger partial charge in [0, 0.05) is 12.7 Å². The van der Waals surface area contributed by atoms with Crippen LogP contribution in [0.4, 0.5) is 5.69 Å². The lowest BCUT2D eigenvalue weighted by Crippen LogP contribution is -2.27. The van der Waals surface area contributed by atoms with Crippen LogP contribution in [0, 0.1) is 0 Å². The summed E-state index contributed by atoms with van der Waals surface area (Å²) in [5.74, 6) is 0. The highest BCUT2D eigenvalue weighted by Crippen LogP contribution is 2.37. The van der Waals surface area contributed by atoms with Gasteiger partial charge in [-0.25, -0.2) is 0 Å². The van der Waals surface area contributed by atoms with Crippen molar-refractivity contribution >= 4 is 5.69 Å². The lowest BCUT2D eigenvalue weighted by atomic mass is 9.80. The SMILES string of the molecule is CC.CNc1cccc2c1CCCC2(C)O. The minimum absolute atomic E-state index is 0.638. The van der Waals surface area contributed by atoms with Crippen LogP contribution in [0.15, 0.2) is 18.2 Å². The molecule has 0 amide bonds. The van der Waals surface area contributed by atoms with Crippen molar-refractivity contribution in [3.05, 3.63) is 29.3 Å². The lowest BCUT2D eigenvalue weighted by Gasteiger charge is -2.32. The zero-order valence-electron chi connectivity index (χ0n) is 10.8. The first-order valence-corrected chi connectivity index (χ1v) is 6.17. The van der Waals surface area contributed by atoms with E-state index in [9.17, 15) is 5.11 Å². The molecule has 0 saturated heterocycles. The number of rotatable bonds is 1. The van der Waals surface area contributed by atoms with Crippen LogP contribution in [0.25, 0.3) is 0 Å². The van der Waals surface area contributed by atoms with E-state index in [1.807, 2.05) is 40.0 Å². The van der Waals surface area contributed by atoms with Crippen LogP contribution >= 0.6 is 0 Å². The summed E-state index contributed by atoms with van der Waals surface area (Å²) in [7, 11) is 1.93. The van der Waals surface area contributed by atoms with Crippen LogP contribution in [0.2, 0.25) is 0 Å². The standard InChI is InChI=1S/C12H17NO.C2H6/c1-12(14)8-4-5-9-10(12)6-3-7-11(9)13-2;1-2/h3,6-7,13-14H,4-5,8H2,1-2H3;1-2H3. The largest absolute Gasteiger partial charge is 0.388 e. The van der Waals surface area contributed by atoms with Gasteiger partial charge >= 0.3 is 0 Å². The maximum Gasteiger partial charge on any atom is 0.0872 e. The van der Waals surface area contributed by atoms with E-state index in [0.717, 1.165) is 30.5 Å². The van der Waals surface area contributed by atoms with Crippen LogP contribution in [-0.4, -0.2) is 12.2 Å². The molecule has 0 saturated carbocycles. The summed E-state index contributed by atoms with van der Waals surface area (Å²) in [6.45, 7) is 5.91. The number of fused-ring (bicyclic) bond motifs is 1. The number of hydrogen-bond acceptors (Lipinski definition) is 2. The van der Waals surface area contributed by atoms with Gasteiger partial charge in [-0.1, -0.05) is 26.0 Å². The third-order valence-electron chi connectivity index (χ3n) is 3.12. The molecule has 2 N–H and O–H groups in total. The van der Waals surface area contributed by atoms with Crippen molar-refractivity contribution in [2.45, 2.75) is 45.6 Å². The quantitative estimate of drug-likeness (QED) is 0.762. The second-order valence-electron chi connectivity index (χ2n) is 4.21. The monoisotopic (exact) mass is 221 g/mol. The van der Waals surface area contributed by atoms with E-state index in [0.29, 0.717) is 0 Å². The molecule has 0 bridgehead atoms. The van der Waals surface area contributed by atoms with E-state index >= 15 is 0 Å². The van der Waals surface area contributed by atoms with Gasteiger partial charge in [0.25, 0.3) is 0 Å². The fourth-order valence-electron chi connectivity index (χ4n) is 2.34. The van der Waals surface area contributed by atoms with E-state index in [2.05, 4.69) is 11.4 Å². The lowest BCUT2D eigenvalue weighted by molar-refractivity contribution is 0.0388. The molecule has 90 valence electrons. The van der Waals surface area contributed by atoms with Crippen molar-refractivity contribution in [1.82, 2.24) is 0 Å². The number of hydrogen-bond donors (Lipinski definition) is 2. The predicted octanol–water partition coefficient (Wildman–Crippen LogP) is 3.30. The molecule has 1 atom stereocenters.